The molecule has 0 rings (SSSR count). The quantitative estimate of drug-likeness (QED) is 0.556. The standard InChI is InChI=1S/C8H13O2/c1-4-5-7(10)8(2,3)6-9/h4-5H2,1-3H3. The van der Waals surface area contributed by atoms with Gasteiger partial charge in [-0.2, -0.15) is 0 Å². The Kier molecular flexibility index (Phi) is 3.26. The van der Waals surface area contributed by atoms with E-state index in [0.29, 0.717) is 6.42 Å². The summed E-state index contributed by atoms with van der Waals surface area (Å²) >= 11 is 0. The highest BCUT2D eigenvalue weighted by Gasteiger charge is 2.26. The van der Waals surface area contributed by atoms with Crippen LogP contribution in [0.1, 0.15) is 33.6 Å². The molecule has 0 aromatic carbocycles. The van der Waals surface area contributed by atoms with Crippen LogP contribution in [-0.2, 0) is 9.59 Å². The average molecular weight is 141 g/mol. The molecule has 0 N–H and O–H groups in total. The Bertz CT molecular complexity index is 136. The number of carbonyl (C=O) groups is 1. The molecule has 57 valence electrons. The maximum Gasteiger partial charge on any atom is 0.212 e. The van der Waals surface area contributed by atoms with Gasteiger partial charge in [0.05, 0.1) is 5.41 Å². The minimum atomic E-state index is -0.893. The van der Waals surface area contributed by atoms with Gasteiger partial charge < -0.3 is 0 Å². The van der Waals surface area contributed by atoms with Crippen molar-refractivity contribution < 1.29 is 9.59 Å². The van der Waals surface area contributed by atoms with Crippen molar-refractivity contribution in [1.29, 1.82) is 0 Å². The zero-order chi connectivity index (χ0) is 8.20. The van der Waals surface area contributed by atoms with Crippen LogP contribution in [0.5, 0.6) is 0 Å². The molecular formula is C8H13O2. The highest BCUT2D eigenvalue weighted by molar-refractivity contribution is 5.97. The first kappa shape index (κ1) is 9.34. The Labute approximate surface area is 61.6 Å². The van der Waals surface area contributed by atoms with Gasteiger partial charge in [0.1, 0.15) is 5.78 Å². The Morgan fingerprint density at radius 3 is 2.30 bits per heavy atom. The van der Waals surface area contributed by atoms with Gasteiger partial charge in [0.15, 0.2) is 0 Å². The number of hydrogen-bond acceptors (Lipinski definition) is 2. The number of hydrogen-bond donors (Lipinski definition) is 0. The van der Waals surface area contributed by atoms with E-state index in [2.05, 4.69) is 0 Å². The molecule has 2 heteroatoms. The fourth-order valence-corrected chi connectivity index (χ4v) is 0.596. The molecule has 0 aromatic rings. The van der Waals surface area contributed by atoms with E-state index >= 15 is 0 Å². The second-order valence-corrected chi connectivity index (χ2v) is 2.90. The van der Waals surface area contributed by atoms with E-state index in [9.17, 15) is 9.59 Å². The molecule has 0 atom stereocenters. The lowest BCUT2D eigenvalue weighted by molar-refractivity contribution is -0.124. The molecule has 0 amide bonds. The predicted octanol–water partition coefficient (Wildman–Crippen LogP) is 1.49. The lowest BCUT2D eigenvalue weighted by atomic mass is 9.88. The van der Waals surface area contributed by atoms with Gasteiger partial charge in [-0.15, -0.1) is 0 Å². The molecule has 10 heavy (non-hydrogen) atoms. The van der Waals surface area contributed by atoms with Crippen LogP contribution in [0.2, 0.25) is 0 Å². The van der Waals surface area contributed by atoms with E-state index in [1.165, 1.54) is 0 Å². The molecule has 0 saturated heterocycles. The van der Waals surface area contributed by atoms with Gasteiger partial charge in [0.25, 0.3) is 0 Å². The minimum absolute atomic E-state index is 0.0231. The van der Waals surface area contributed by atoms with Crippen molar-refractivity contribution in [2.24, 2.45) is 5.41 Å². The third-order valence-corrected chi connectivity index (χ3v) is 1.43. The summed E-state index contributed by atoms with van der Waals surface area (Å²) in [4.78, 5) is 21.2. The van der Waals surface area contributed by atoms with Gasteiger partial charge in [0.2, 0.25) is 6.29 Å². The first-order valence-electron chi connectivity index (χ1n) is 3.47. The molecule has 0 unspecified atom stereocenters. The number of carbonyl (C=O) groups excluding carboxylic acids is 2. The number of ketones is 1. The molecule has 1 radical (unpaired) electrons. The summed E-state index contributed by atoms with van der Waals surface area (Å²) < 4.78 is 0. The summed E-state index contributed by atoms with van der Waals surface area (Å²) in [5, 5.41) is 0. The van der Waals surface area contributed by atoms with Crippen LogP contribution < -0.4 is 0 Å². The van der Waals surface area contributed by atoms with Gasteiger partial charge in [-0.05, 0) is 20.3 Å². The highest BCUT2D eigenvalue weighted by atomic mass is 16.1. The van der Waals surface area contributed by atoms with Crippen molar-refractivity contribution in [3.8, 4) is 0 Å². The van der Waals surface area contributed by atoms with Crippen molar-refractivity contribution in [2.75, 3.05) is 0 Å². The monoisotopic (exact) mass is 141 g/mol. The zero-order valence-corrected chi connectivity index (χ0v) is 6.73. The largest absolute Gasteiger partial charge is 0.299 e. The van der Waals surface area contributed by atoms with Crippen LogP contribution in [0.4, 0.5) is 0 Å². The van der Waals surface area contributed by atoms with E-state index in [1.807, 2.05) is 6.92 Å². The van der Waals surface area contributed by atoms with Crippen LogP contribution in [0.25, 0.3) is 0 Å². The molecule has 0 aliphatic heterocycles. The number of rotatable bonds is 4. The number of Topliss-reactive ketones (excluding diaryl/α,β-unsaturated/α-hetero) is 1. The fraction of sp³-hybridized carbons (Fsp3) is 0.750. The first-order chi connectivity index (χ1) is 4.54. The predicted molar refractivity (Wildman–Crippen MR) is 39.4 cm³/mol. The van der Waals surface area contributed by atoms with Crippen molar-refractivity contribution >= 4 is 12.1 Å². The van der Waals surface area contributed by atoms with Crippen molar-refractivity contribution in [1.82, 2.24) is 0 Å². The van der Waals surface area contributed by atoms with E-state index in [4.69, 9.17) is 0 Å². The Balaban J connectivity index is 4.04. The molecule has 0 heterocycles. The molecule has 0 fully saturated rings. The van der Waals surface area contributed by atoms with Gasteiger partial charge in [0, 0.05) is 6.42 Å². The van der Waals surface area contributed by atoms with Crippen molar-refractivity contribution in [3.63, 3.8) is 0 Å². The van der Waals surface area contributed by atoms with Crippen molar-refractivity contribution in [2.45, 2.75) is 33.6 Å². The molecular weight excluding hydrogens is 128 g/mol. The maximum absolute atomic E-state index is 11.0. The summed E-state index contributed by atoms with van der Waals surface area (Å²) in [6.45, 7) is 5.11. The molecule has 0 aliphatic rings. The molecule has 0 spiro atoms. The SMILES string of the molecule is CCCC(=O)C(C)(C)[C]=O. The van der Waals surface area contributed by atoms with Gasteiger partial charge >= 0.3 is 0 Å². The second-order valence-electron chi connectivity index (χ2n) is 2.90. The van der Waals surface area contributed by atoms with Crippen LogP contribution in [0.3, 0.4) is 0 Å². The maximum atomic E-state index is 11.0. The topological polar surface area (TPSA) is 34.1 Å². The third kappa shape index (κ3) is 2.29. The lowest BCUT2D eigenvalue weighted by Crippen LogP contribution is -2.25. The summed E-state index contributed by atoms with van der Waals surface area (Å²) in [5.74, 6) is -0.0231. The van der Waals surface area contributed by atoms with E-state index < -0.39 is 5.41 Å². The molecule has 0 aromatic heterocycles. The van der Waals surface area contributed by atoms with Gasteiger partial charge in [-0.3, -0.25) is 9.59 Å². The molecule has 2 nitrogen and oxygen atoms in total. The molecule has 0 saturated carbocycles. The average Bonchev–Trinajstić information content (AvgIpc) is 1.89. The normalized spacial score (nSPS) is 11.1. The Morgan fingerprint density at radius 1 is 1.50 bits per heavy atom. The molecule has 0 aliphatic carbocycles. The summed E-state index contributed by atoms with van der Waals surface area (Å²) in [5.41, 5.74) is -0.893. The van der Waals surface area contributed by atoms with Crippen LogP contribution >= 0.6 is 0 Å². The van der Waals surface area contributed by atoms with Crippen LogP contribution in [-0.4, -0.2) is 12.1 Å². The minimum Gasteiger partial charge on any atom is -0.299 e. The Hall–Kier alpha value is -0.660. The van der Waals surface area contributed by atoms with Crippen molar-refractivity contribution in [3.05, 3.63) is 0 Å². The second kappa shape index (κ2) is 3.49. The highest BCUT2D eigenvalue weighted by Crippen LogP contribution is 2.15. The van der Waals surface area contributed by atoms with E-state index in [-0.39, 0.29) is 5.78 Å². The first-order valence-corrected chi connectivity index (χ1v) is 3.47. The lowest BCUT2D eigenvalue weighted by Gasteiger charge is -2.12. The van der Waals surface area contributed by atoms with Crippen LogP contribution in [0.15, 0.2) is 0 Å². The fourth-order valence-electron chi connectivity index (χ4n) is 0.596. The van der Waals surface area contributed by atoms with E-state index in [1.54, 1.807) is 20.1 Å². The Morgan fingerprint density at radius 2 is 2.00 bits per heavy atom. The van der Waals surface area contributed by atoms with Crippen LogP contribution in [0, 0.1) is 5.41 Å². The van der Waals surface area contributed by atoms with Gasteiger partial charge in [-0.25, -0.2) is 0 Å². The van der Waals surface area contributed by atoms with Gasteiger partial charge in [-0.1, -0.05) is 6.92 Å². The van der Waals surface area contributed by atoms with E-state index in [0.717, 1.165) is 6.42 Å². The zero-order valence-electron chi connectivity index (χ0n) is 6.73. The summed E-state index contributed by atoms with van der Waals surface area (Å²) in [7, 11) is 0. The molecule has 0 bridgehead atoms. The summed E-state index contributed by atoms with van der Waals surface area (Å²) in [6, 6.07) is 0. The summed E-state index contributed by atoms with van der Waals surface area (Å²) in [6.07, 6.45) is 3.00. The smallest absolute Gasteiger partial charge is 0.212 e. The third-order valence-electron chi connectivity index (χ3n) is 1.43.